The van der Waals surface area contributed by atoms with Crippen LogP contribution in [0.25, 0.3) is 0 Å². The molecule has 4 heteroatoms. The molecule has 0 bridgehead atoms. The van der Waals surface area contributed by atoms with Crippen molar-refractivity contribution in [1.29, 1.82) is 0 Å². The van der Waals surface area contributed by atoms with E-state index in [1.54, 1.807) is 0 Å². The number of halogens is 3. The van der Waals surface area contributed by atoms with Gasteiger partial charge in [-0.3, -0.25) is 0 Å². The quantitative estimate of drug-likeness (QED) is 0.665. The van der Waals surface area contributed by atoms with E-state index in [4.69, 9.17) is 4.74 Å². The molecule has 1 rings (SSSR count). The van der Waals surface area contributed by atoms with Crippen molar-refractivity contribution in [3.05, 3.63) is 28.2 Å². The van der Waals surface area contributed by atoms with Crippen LogP contribution in [0.1, 0.15) is 0 Å². The molecule has 0 fully saturated rings. The predicted octanol–water partition coefficient (Wildman–Crippen LogP) is 2.74. The lowest BCUT2D eigenvalue weighted by molar-refractivity contribution is 0.402. The molecule has 1 aromatic carbocycles. The fourth-order valence-corrected chi connectivity index (χ4v) is 1.15. The minimum absolute atomic E-state index is 0.0139. The van der Waals surface area contributed by atoms with Gasteiger partial charge in [0.15, 0.2) is 11.6 Å². The molecule has 0 aliphatic heterocycles. The molecule has 0 amide bonds. The summed E-state index contributed by atoms with van der Waals surface area (Å²) in [6.45, 7) is 0. The van der Waals surface area contributed by atoms with E-state index in [1.165, 1.54) is 13.2 Å². The van der Waals surface area contributed by atoms with E-state index in [0.717, 1.165) is 6.07 Å². The third kappa shape index (κ3) is 1.50. The third-order valence-corrected chi connectivity index (χ3v) is 1.96. The summed E-state index contributed by atoms with van der Waals surface area (Å²) in [6, 6.07) is 2.36. The maximum Gasteiger partial charge on any atom is 0.176 e. The highest BCUT2D eigenvalue weighted by Crippen LogP contribution is 2.28. The molecule has 0 spiro atoms. The Bertz CT molecular complexity index is 275. The molecule has 0 aliphatic carbocycles. The zero-order valence-corrected chi connectivity index (χ0v) is 7.28. The summed E-state index contributed by atoms with van der Waals surface area (Å²) >= 11 is 2.85. The third-order valence-electron chi connectivity index (χ3n) is 1.22. The largest absolute Gasteiger partial charge is 0.495 e. The van der Waals surface area contributed by atoms with Gasteiger partial charge in [-0.2, -0.15) is 0 Å². The molecule has 1 aromatic rings. The number of hydrogen-bond acceptors (Lipinski definition) is 1. The lowest BCUT2D eigenvalue weighted by Gasteiger charge is -2.02. The summed E-state index contributed by atoms with van der Waals surface area (Å²) in [5.74, 6) is -1.54. The van der Waals surface area contributed by atoms with Gasteiger partial charge in [0.1, 0.15) is 5.75 Å². The summed E-state index contributed by atoms with van der Waals surface area (Å²) in [7, 11) is 1.39. The van der Waals surface area contributed by atoms with Gasteiger partial charge < -0.3 is 4.74 Å². The second kappa shape index (κ2) is 3.17. The summed E-state index contributed by atoms with van der Waals surface area (Å²) in [5, 5.41) is 0. The van der Waals surface area contributed by atoms with Gasteiger partial charge in [0, 0.05) is 0 Å². The fraction of sp³-hybridized carbons (Fsp3) is 0.143. The van der Waals surface area contributed by atoms with E-state index >= 15 is 0 Å². The summed E-state index contributed by atoms with van der Waals surface area (Å²) in [4.78, 5) is 0. The van der Waals surface area contributed by atoms with E-state index in [1.807, 2.05) is 0 Å². The van der Waals surface area contributed by atoms with Crippen LogP contribution in [0, 0.1) is 11.6 Å². The van der Waals surface area contributed by atoms with Crippen LogP contribution in [0.5, 0.6) is 5.75 Å². The normalized spacial score (nSPS) is 9.82. The molecular weight excluding hydrogens is 218 g/mol. The first kappa shape index (κ1) is 8.46. The average Bonchev–Trinajstić information content (AvgIpc) is 2.01. The van der Waals surface area contributed by atoms with Gasteiger partial charge in [-0.25, -0.2) is 8.78 Å². The number of benzene rings is 1. The molecule has 0 saturated heterocycles. The minimum atomic E-state index is -0.927. The van der Waals surface area contributed by atoms with Gasteiger partial charge in [0.05, 0.1) is 11.6 Å². The second-order valence-corrected chi connectivity index (χ2v) is 2.67. The van der Waals surface area contributed by atoms with Crippen molar-refractivity contribution in [3.8, 4) is 5.75 Å². The Labute approximate surface area is 71.1 Å². The van der Waals surface area contributed by atoms with Crippen LogP contribution in [0.15, 0.2) is 16.6 Å². The maximum atomic E-state index is 12.7. The molecule has 11 heavy (non-hydrogen) atoms. The van der Waals surface area contributed by atoms with Gasteiger partial charge in [-0.15, -0.1) is 0 Å². The average molecular weight is 223 g/mol. The van der Waals surface area contributed by atoms with Crippen molar-refractivity contribution < 1.29 is 13.5 Å². The van der Waals surface area contributed by atoms with Crippen LogP contribution in [0.4, 0.5) is 8.78 Å². The van der Waals surface area contributed by atoms with Gasteiger partial charge in [-0.1, -0.05) is 0 Å². The highest BCUT2D eigenvalue weighted by molar-refractivity contribution is 9.10. The maximum absolute atomic E-state index is 12.7. The number of rotatable bonds is 1. The van der Waals surface area contributed by atoms with Crippen molar-refractivity contribution >= 4 is 15.9 Å². The molecule has 60 valence electrons. The number of methoxy groups -OCH3 is 1. The van der Waals surface area contributed by atoms with Gasteiger partial charge in [-0.05, 0) is 28.1 Å². The van der Waals surface area contributed by atoms with E-state index in [-0.39, 0.29) is 10.2 Å². The first-order valence-electron chi connectivity index (χ1n) is 2.84. The van der Waals surface area contributed by atoms with Crippen molar-refractivity contribution in [2.24, 2.45) is 0 Å². The van der Waals surface area contributed by atoms with Gasteiger partial charge in [0.25, 0.3) is 0 Å². The topological polar surface area (TPSA) is 9.23 Å². The van der Waals surface area contributed by atoms with Crippen LogP contribution >= 0.6 is 15.9 Å². The molecule has 0 heterocycles. The lowest BCUT2D eigenvalue weighted by atomic mass is 10.3. The van der Waals surface area contributed by atoms with Gasteiger partial charge in [0.2, 0.25) is 0 Å². The molecule has 1 nitrogen and oxygen atoms in total. The minimum Gasteiger partial charge on any atom is -0.495 e. The smallest absolute Gasteiger partial charge is 0.176 e. The summed E-state index contributed by atoms with van der Waals surface area (Å²) < 4.78 is 29.9. The predicted molar refractivity (Wildman–Crippen MR) is 40.6 cm³/mol. The second-order valence-electron chi connectivity index (χ2n) is 1.88. The Morgan fingerprint density at radius 3 is 2.55 bits per heavy atom. The molecular formula is C7H5BrF2O. The van der Waals surface area contributed by atoms with Crippen LogP contribution < -0.4 is 4.74 Å². The Balaban J connectivity index is 3.25. The van der Waals surface area contributed by atoms with Crippen molar-refractivity contribution in [1.82, 2.24) is 0 Å². The first-order valence-corrected chi connectivity index (χ1v) is 3.63. The standard InChI is InChI=1S/C7H5BrF2O/c1-11-5-3-2-4(9)7(10)6(5)8/h2-3H,1H3. The van der Waals surface area contributed by atoms with E-state index in [9.17, 15) is 8.78 Å². The molecule has 0 aliphatic rings. The number of hydrogen-bond donors (Lipinski definition) is 0. The lowest BCUT2D eigenvalue weighted by Crippen LogP contribution is -1.90. The fourth-order valence-electron chi connectivity index (χ4n) is 0.666. The van der Waals surface area contributed by atoms with Crippen molar-refractivity contribution in [2.45, 2.75) is 0 Å². The van der Waals surface area contributed by atoms with E-state index < -0.39 is 11.6 Å². The Hall–Kier alpha value is -0.640. The molecule has 0 unspecified atom stereocenters. The van der Waals surface area contributed by atoms with E-state index in [2.05, 4.69) is 15.9 Å². The van der Waals surface area contributed by atoms with E-state index in [0.29, 0.717) is 0 Å². The highest BCUT2D eigenvalue weighted by Gasteiger charge is 2.10. The van der Waals surface area contributed by atoms with Crippen LogP contribution in [0.3, 0.4) is 0 Å². The zero-order chi connectivity index (χ0) is 8.43. The Morgan fingerprint density at radius 2 is 2.00 bits per heavy atom. The zero-order valence-electron chi connectivity index (χ0n) is 5.70. The van der Waals surface area contributed by atoms with Crippen LogP contribution in [-0.4, -0.2) is 7.11 Å². The molecule has 0 saturated carbocycles. The molecule has 0 N–H and O–H groups in total. The Kier molecular flexibility index (Phi) is 2.44. The highest BCUT2D eigenvalue weighted by atomic mass is 79.9. The molecule has 0 radical (unpaired) electrons. The summed E-state index contributed by atoms with van der Waals surface area (Å²) in [5.41, 5.74) is 0. The first-order chi connectivity index (χ1) is 5.16. The molecule has 0 atom stereocenters. The van der Waals surface area contributed by atoms with Crippen LogP contribution in [0.2, 0.25) is 0 Å². The molecule has 0 aromatic heterocycles. The Morgan fingerprint density at radius 1 is 1.36 bits per heavy atom. The number of ether oxygens (including phenoxy) is 1. The summed E-state index contributed by atoms with van der Waals surface area (Å²) in [6.07, 6.45) is 0. The van der Waals surface area contributed by atoms with Crippen molar-refractivity contribution in [2.75, 3.05) is 7.11 Å². The SMILES string of the molecule is COc1ccc(F)c(F)c1Br. The monoisotopic (exact) mass is 222 g/mol. The van der Waals surface area contributed by atoms with Crippen molar-refractivity contribution in [3.63, 3.8) is 0 Å². The van der Waals surface area contributed by atoms with Crippen LogP contribution in [-0.2, 0) is 0 Å². The van der Waals surface area contributed by atoms with Gasteiger partial charge >= 0.3 is 0 Å².